The Bertz CT molecular complexity index is 605. The summed E-state index contributed by atoms with van der Waals surface area (Å²) in [4.78, 5) is 2.27. The highest BCUT2D eigenvalue weighted by molar-refractivity contribution is 5.16. The summed E-state index contributed by atoms with van der Waals surface area (Å²) in [5, 5.41) is 10.2. The molecule has 1 fully saturated rings. The molecular weight excluding hydrogens is 314 g/mol. The van der Waals surface area contributed by atoms with E-state index < -0.39 is 6.10 Å². The summed E-state index contributed by atoms with van der Waals surface area (Å²) in [6, 6.07) is 20.5. The molecule has 1 saturated heterocycles. The van der Waals surface area contributed by atoms with E-state index in [2.05, 4.69) is 29.2 Å². The molecule has 1 aliphatic heterocycles. The molecule has 0 radical (unpaired) electrons. The average molecular weight is 341 g/mol. The first kappa shape index (κ1) is 18.1. The minimum atomic E-state index is -0.473. The first-order valence-corrected chi connectivity index (χ1v) is 8.97. The van der Waals surface area contributed by atoms with Crippen molar-refractivity contribution in [3.8, 4) is 0 Å². The van der Waals surface area contributed by atoms with Crippen molar-refractivity contribution >= 4 is 0 Å². The number of β-amino-alcohol motifs (C(OH)–C–C–N with tert-alkyl or cyclic N) is 1. The number of rotatable bonds is 8. The van der Waals surface area contributed by atoms with E-state index in [4.69, 9.17) is 9.47 Å². The highest BCUT2D eigenvalue weighted by atomic mass is 16.5. The number of hydrogen-bond donors (Lipinski definition) is 1. The molecule has 0 saturated carbocycles. The number of aliphatic hydroxyl groups excluding tert-OH is 1. The van der Waals surface area contributed by atoms with Gasteiger partial charge in [0.2, 0.25) is 0 Å². The third kappa shape index (κ3) is 6.25. The molecule has 4 heteroatoms. The van der Waals surface area contributed by atoms with Crippen molar-refractivity contribution in [1.29, 1.82) is 0 Å². The summed E-state index contributed by atoms with van der Waals surface area (Å²) in [6.45, 7) is 3.96. The lowest BCUT2D eigenvalue weighted by Gasteiger charge is -2.34. The Kier molecular flexibility index (Phi) is 7.00. The lowest BCUT2D eigenvalue weighted by molar-refractivity contribution is -0.0516. The van der Waals surface area contributed by atoms with Crippen molar-refractivity contribution in [2.75, 3.05) is 32.8 Å². The van der Waals surface area contributed by atoms with Crippen LogP contribution in [0.4, 0.5) is 0 Å². The van der Waals surface area contributed by atoms with Crippen LogP contribution in [0.3, 0.4) is 0 Å². The van der Waals surface area contributed by atoms with E-state index in [-0.39, 0.29) is 6.10 Å². The molecule has 2 aromatic carbocycles. The van der Waals surface area contributed by atoms with Gasteiger partial charge in [-0.05, 0) is 17.5 Å². The zero-order chi connectivity index (χ0) is 17.3. The van der Waals surface area contributed by atoms with E-state index >= 15 is 0 Å². The SMILES string of the molecule is OC(COCc1ccccc1)CN1CCOC(Cc2ccccc2)C1. The number of benzene rings is 2. The minimum Gasteiger partial charge on any atom is -0.389 e. The van der Waals surface area contributed by atoms with E-state index in [0.29, 0.717) is 19.8 Å². The van der Waals surface area contributed by atoms with Crippen LogP contribution in [0.15, 0.2) is 60.7 Å². The Hall–Kier alpha value is -1.72. The van der Waals surface area contributed by atoms with Gasteiger partial charge in [0.15, 0.2) is 0 Å². The maximum atomic E-state index is 10.2. The second-order valence-electron chi connectivity index (χ2n) is 6.60. The van der Waals surface area contributed by atoms with Crippen LogP contribution < -0.4 is 0 Å². The van der Waals surface area contributed by atoms with E-state index in [1.54, 1.807) is 0 Å². The van der Waals surface area contributed by atoms with Crippen LogP contribution in [0.1, 0.15) is 11.1 Å². The topological polar surface area (TPSA) is 41.9 Å². The fourth-order valence-corrected chi connectivity index (χ4v) is 3.18. The summed E-state index contributed by atoms with van der Waals surface area (Å²) in [5.74, 6) is 0. The van der Waals surface area contributed by atoms with Gasteiger partial charge in [-0.1, -0.05) is 60.7 Å². The summed E-state index contributed by atoms with van der Waals surface area (Å²) in [6.07, 6.45) is 0.630. The maximum absolute atomic E-state index is 10.2. The molecule has 134 valence electrons. The number of aliphatic hydroxyl groups is 1. The molecule has 2 unspecified atom stereocenters. The Morgan fingerprint density at radius 1 is 1.04 bits per heavy atom. The van der Waals surface area contributed by atoms with Gasteiger partial charge in [0, 0.05) is 19.6 Å². The highest BCUT2D eigenvalue weighted by Gasteiger charge is 2.22. The van der Waals surface area contributed by atoms with Crippen LogP contribution in [0.2, 0.25) is 0 Å². The quantitative estimate of drug-likeness (QED) is 0.801. The summed E-state index contributed by atoms with van der Waals surface area (Å²) in [7, 11) is 0. The van der Waals surface area contributed by atoms with Crippen molar-refractivity contribution in [2.45, 2.75) is 25.2 Å². The Balaban J connectivity index is 1.38. The van der Waals surface area contributed by atoms with Gasteiger partial charge in [-0.25, -0.2) is 0 Å². The number of morpholine rings is 1. The Labute approximate surface area is 150 Å². The fraction of sp³-hybridized carbons (Fsp3) is 0.429. The van der Waals surface area contributed by atoms with Crippen LogP contribution in [0.5, 0.6) is 0 Å². The Morgan fingerprint density at radius 2 is 1.72 bits per heavy atom. The van der Waals surface area contributed by atoms with Crippen LogP contribution in [-0.4, -0.2) is 55.1 Å². The van der Waals surface area contributed by atoms with Gasteiger partial charge < -0.3 is 14.6 Å². The van der Waals surface area contributed by atoms with Gasteiger partial charge in [0.25, 0.3) is 0 Å². The van der Waals surface area contributed by atoms with Crippen molar-refractivity contribution in [3.05, 3.63) is 71.8 Å². The number of ether oxygens (including phenoxy) is 2. The molecule has 0 amide bonds. The summed E-state index contributed by atoms with van der Waals surface area (Å²) >= 11 is 0. The minimum absolute atomic E-state index is 0.189. The van der Waals surface area contributed by atoms with Gasteiger partial charge in [0.05, 0.1) is 32.0 Å². The second-order valence-corrected chi connectivity index (χ2v) is 6.60. The van der Waals surface area contributed by atoms with E-state index in [1.807, 2.05) is 36.4 Å². The summed E-state index contributed by atoms with van der Waals surface area (Å²) in [5.41, 5.74) is 2.42. The molecule has 1 aliphatic rings. The zero-order valence-electron chi connectivity index (χ0n) is 14.6. The van der Waals surface area contributed by atoms with Crippen LogP contribution in [0, 0.1) is 0 Å². The molecule has 0 aromatic heterocycles. The van der Waals surface area contributed by atoms with Gasteiger partial charge in [0.1, 0.15) is 0 Å². The normalized spacial score (nSPS) is 19.6. The van der Waals surface area contributed by atoms with Crippen molar-refractivity contribution in [1.82, 2.24) is 4.90 Å². The van der Waals surface area contributed by atoms with Crippen LogP contribution in [0.25, 0.3) is 0 Å². The lowest BCUT2D eigenvalue weighted by Crippen LogP contribution is -2.47. The molecule has 4 nitrogen and oxygen atoms in total. The first-order chi connectivity index (χ1) is 12.3. The molecule has 0 bridgehead atoms. The third-order valence-electron chi connectivity index (χ3n) is 4.42. The van der Waals surface area contributed by atoms with Gasteiger partial charge in [-0.2, -0.15) is 0 Å². The molecule has 25 heavy (non-hydrogen) atoms. The molecule has 1 N–H and O–H groups in total. The Morgan fingerprint density at radius 3 is 2.44 bits per heavy atom. The molecular formula is C21H27NO3. The predicted octanol–water partition coefficient (Wildman–Crippen LogP) is 2.51. The second kappa shape index (κ2) is 9.68. The third-order valence-corrected chi connectivity index (χ3v) is 4.42. The lowest BCUT2D eigenvalue weighted by atomic mass is 10.1. The zero-order valence-corrected chi connectivity index (χ0v) is 14.6. The van der Waals surface area contributed by atoms with Gasteiger partial charge in [-0.3, -0.25) is 4.90 Å². The van der Waals surface area contributed by atoms with E-state index in [1.165, 1.54) is 5.56 Å². The molecule has 1 heterocycles. The predicted molar refractivity (Wildman–Crippen MR) is 98.4 cm³/mol. The molecule has 0 spiro atoms. The van der Waals surface area contributed by atoms with Crippen molar-refractivity contribution in [3.63, 3.8) is 0 Å². The standard InChI is InChI=1S/C21H27NO3/c23-20(17-24-16-19-9-5-2-6-10-19)14-22-11-12-25-21(15-22)13-18-7-3-1-4-8-18/h1-10,20-21,23H,11-17H2. The average Bonchev–Trinajstić information content (AvgIpc) is 2.64. The monoisotopic (exact) mass is 341 g/mol. The van der Waals surface area contributed by atoms with Crippen molar-refractivity contribution in [2.24, 2.45) is 0 Å². The van der Waals surface area contributed by atoms with E-state index in [0.717, 1.165) is 31.7 Å². The first-order valence-electron chi connectivity index (χ1n) is 8.97. The van der Waals surface area contributed by atoms with Gasteiger partial charge >= 0.3 is 0 Å². The van der Waals surface area contributed by atoms with Crippen LogP contribution >= 0.6 is 0 Å². The number of hydrogen-bond acceptors (Lipinski definition) is 4. The van der Waals surface area contributed by atoms with Gasteiger partial charge in [-0.15, -0.1) is 0 Å². The molecule has 2 aromatic rings. The maximum Gasteiger partial charge on any atom is 0.0900 e. The highest BCUT2D eigenvalue weighted by Crippen LogP contribution is 2.12. The number of nitrogens with zero attached hydrogens (tertiary/aromatic N) is 1. The summed E-state index contributed by atoms with van der Waals surface area (Å²) < 4.78 is 11.5. The van der Waals surface area contributed by atoms with Crippen LogP contribution in [-0.2, 0) is 22.5 Å². The van der Waals surface area contributed by atoms with Crippen molar-refractivity contribution < 1.29 is 14.6 Å². The smallest absolute Gasteiger partial charge is 0.0900 e. The van der Waals surface area contributed by atoms with E-state index in [9.17, 15) is 5.11 Å². The largest absolute Gasteiger partial charge is 0.389 e. The molecule has 3 rings (SSSR count). The molecule has 0 aliphatic carbocycles. The fourth-order valence-electron chi connectivity index (χ4n) is 3.18. The molecule has 2 atom stereocenters.